The van der Waals surface area contributed by atoms with Crippen LogP contribution in [0.25, 0.3) is 10.1 Å². The number of carbonyl (C=O) groups excluding carboxylic acids is 1. The van der Waals surface area contributed by atoms with Crippen molar-refractivity contribution in [2.24, 2.45) is 0 Å². The highest BCUT2D eigenvalue weighted by atomic mass is 32.1. The molecule has 0 radical (unpaired) electrons. The minimum atomic E-state index is -0.677. The summed E-state index contributed by atoms with van der Waals surface area (Å²) in [6, 6.07) is 7.94. The molecule has 1 heterocycles. The Morgan fingerprint density at radius 3 is 2.89 bits per heavy atom. The van der Waals surface area contributed by atoms with Gasteiger partial charge in [-0.05, 0) is 23.9 Å². The molecule has 0 spiro atoms. The van der Waals surface area contributed by atoms with Crippen LogP contribution < -0.4 is 5.32 Å². The standard InChI is InChI=1S/C14H17NO3S/c1-9-11-5-3-4-6-12(11)19-13(9)14(17)15-7-10(16)8-18-2/h3-6,10,16H,7-8H2,1-2H3,(H,15,17). The number of rotatable bonds is 5. The first-order chi connectivity index (χ1) is 9.13. The van der Waals surface area contributed by atoms with Gasteiger partial charge in [0.2, 0.25) is 0 Å². The van der Waals surface area contributed by atoms with Crippen molar-refractivity contribution >= 4 is 27.3 Å². The van der Waals surface area contributed by atoms with E-state index in [9.17, 15) is 9.90 Å². The van der Waals surface area contributed by atoms with E-state index in [0.717, 1.165) is 15.6 Å². The van der Waals surface area contributed by atoms with Gasteiger partial charge >= 0.3 is 0 Å². The lowest BCUT2D eigenvalue weighted by atomic mass is 10.1. The van der Waals surface area contributed by atoms with Crippen molar-refractivity contribution in [2.75, 3.05) is 20.3 Å². The molecule has 2 N–H and O–H groups in total. The molecule has 0 aliphatic heterocycles. The van der Waals surface area contributed by atoms with E-state index >= 15 is 0 Å². The highest BCUT2D eigenvalue weighted by Gasteiger charge is 2.15. The van der Waals surface area contributed by atoms with E-state index in [1.165, 1.54) is 18.4 Å². The number of aryl methyl sites for hydroxylation is 1. The molecule has 19 heavy (non-hydrogen) atoms. The minimum absolute atomic E-state index is 0.145. The van der Waals surface area contributed by atoms with Crippen molar-refractivity contribution in [1.29, 1.82) is 0 Å². The Kier molecular flexibility index (Phi) is 4.52. The average molecular weight is 279 g/mol. The third kappa shape index (κ3) is 3.12. The highest BCUT2D eigenvalue weighted by Crippen LogP contribution is 2.30. The van der Waals surface area contributed by atoms with Gasteiger partial charge in [0.25, 0.3) is 5.91 Å². The molecule has 1 atom stereocenters. The molecule has 2 aromatic rings. The van der Waals surface area contributed by atoms with Gasteiger partial charge in [-0.1, -0.05) is 18.2 Å². The molecule has 0 fully saturated rings. The molecule has 5 heteroatoms. The Bertz CT molecular complexity index is 579. The molecule has 1 aromatic heterocycles. The zero-order chi connectivity index (χ0) is 13.8. The summed E-state index contributed by atoms with van der Waals surface area (Å²) in [4.78, 5) is 12.8. The van der Waals surface area contributed by atoms with E-state index < -0.39 is 6.10 Å². The Morgan fingerprint density at radius 2 is 2.21 bits per heavy atom. The minimum Gasteiger partial charge on any atom is -0.389 e. The number of hydrogen-bond acceptors (Lipinski definition) is 4. The Labute approximate surface area is 116 Å². The van der Waals surface area contributed by atoms with Crippen LogP contribution in [0, 0.1) is 6.92 Å². The van der Waals surface area contributed by atoms with Crippen LogP contribution >= 0.6 is 11.3 Å². The summed E-state index contributed by atoms with van der Waals surface area (Å²) in [6.45, 7) is 2.35. The number of amides is 1. The second-order valence-corrected chi connectivity index (χ2v) is 5.42. The van der Waals surface area contributed by atoms with Gasteiger partial charge in [-0.3, -0.25) is 4.79 Å². The molecule has 4 nitrogen and oxygen atoms in total. The number of ether oxygens (including phenoxy) is 1. The molecular formula is C14H17NO3S. The number of methoxy groups -OCH3 is 1. The zero-order valence-electron chi connectivity index (χ0n) is 11.0. The van der Waals surface area contributed by atoms with E-state index in [4.69, 9.17) is 4.74 Å². The third-order valence-electron chi connectivity index (χ3n) is 2.91. The van der Waals surface area contributed by atoms with Crippen molar-refractivity contribution in [3.8, 4) is 0 Å². The van der Waals surface area contributed by atoms with Crippen molar-refractivity contribution in [1.82, 2.24) is 5.32 Å². The molecular weight excluding hydrogens is 262 g/mol. The topological polar surface area (TPSA) is 58.6 Å². The molecule has 0 aliphatic carbocycles. The molecule has 1 unspecified atom stereocenters. The van der Waals surface area contributed by atoms with Crippen molar-refractivity contribution in [3.63, 3.8) is 0 Å². The lowest BCUT2D eigenvalue weighted by Crippen LogP contribution is -2.34. The number of aliphatic hydroxyl groups excluding tert-OH is 1. The van der Waals surface area contributed by atoms with Gasteiger partial charge in [0.15, 0.2) is 0 Å². The number of aliphatic hydroxyl groups is 1. The van der Waals surface area contributed by atoms with Gasteiger partial charge in [-0.15, -0.1) is 11.3 Å². The fourth-order valence-electron chi connectivity index (χ4n) is 1.93. The second-order valence-electron chi connectivity index (χ2n) is 4.37. The van der Waals surface area contributed by atoms with Crippen molar-refractivity contribution in [2.45, 2.75) is 13.0 Å². The van der Waals surface area contributed by atoms with Crippen LogP contribution in [0.5, 0.6) is 0 Å². The smallest absolute Gasteiger partial charge is 0.261 e. The van der Waals surface area contributed by atoms with E-state index in [-0.39, 0.29) is 19.1 Å². The molecule has 1 aromatic carbocycles. The van der Waals surface area contributed by atoms with Crippen LogP contribution in [0.2, 0.25) is 0 Å². The fourth-order valence-corrected chi connectivity index (χ4v) is 3.06. The summed E-state index contributed by atoms with van der Waals surface area (Å²) in [5, 5.41) is 13.4. The van der Waals surface area contributed by atoms with E-state index in [2.05, 4.69) is 5.32 Å². The number of benzene rings is 1. The van der Waals surface area contributed by atoms with Gasteiger partial charge < -0.3 is 15.2 Å². The Morgan fingerprint density at radius 1 is 1.47 bits per heavy atom. The van der Waals surface area contributed by atoms with E-state index in [0.29, 0.717) is 4.88 Å². The summed E-state index contributed by atoms with van der Waals surface area (Å²) in [7, 11) is 1.52. The summed E-state index contributed by atoms with van der Waals surface area (Å²) < 4.78 is 5.91. The van der Waals surface area contributed by atoms with Gasteiger partial charge in [-0.25, -0.2) is 0 Å². The molecule has 1 amide bonds. The normalized spacial score (nSPS) is 12.6. The van der Waals surface area contributed by atoms with Crippen LogP contribution in [-0.4, -0.2) is 37.4 Å². The lowest BCUT2D eigenvalue weighted by molar-refractivity contribution is 0.0610. The van der Waals surface area contributed by atoms with E-state index in [1.54, 1.807) is 0 Å². The number of thiophene rings is 1. The van der Waals surface area contributed by atoms with E-state index in [1.807, 2.05) is 31.2 Å². The fraction of sp³-hybridized carbons (Fsp3) is 0.357. The molecule has 0 saturated carbocycles. The monoisotopic (exact) mass is 279 g/mol. The number of hydrogen-bond donors (Lipinski definition) is 2. The second kappa shape index (κ2) is 6.14. The van der Waals surface area contributed by atoms with Crippen LogP contribution in [0.3, 0.4) is 0 Å². The summed E-state index contributed by atoms with van der Waals surface area (Å²) >= 11 is 1.47. The van der Waals surface area contributed by atoms with Crippen LogP contribution in [0.15, 0.2) is 24.3 Å². The predicted molar refractivity (Wildman–Crippen MR) is 76.8 cm³/mol. The molecule has 102 valence electrons. The summed E-state index contributed by atoms with van der Waals surface area (Å²) in [5.74, 6) is -0.145. The molecule has 0 saturated heterocycles. The summed E-state index contributed by atoms with van der Waals surface area (Å²) in [6.07, 6.45) is -0.677. The average Bonchev–Trinajstić information content (AvgIpc) is 2.74. The number of carbonyl (C=O) groups is 1. The van der Waals surface area contributed by atoms with Gasteiger partial charge in [0.05, 0.1) is 17.6 Å². The summed E-state index contributed by atoms with van der Waals surface area (Å²) in [5.41, 5.74) is 0.985. The first kappa shape index (κ1) is 14.0. The number of nitrogens with one attached hydrogen (secondary N) is 1. The van der Waals surface area contributed by atoms with Crippen LogP contribution in [0.4, 0.5) is 0 Å². The Hall–Kier alpha value is -1.43. The largest absolute Gasteiger partial charge is 0.389 e. The van der Waals surface area contributed by atoms with Crippen molar-refractivity contribution < 1.29 is 14.6 Å². The van der Waals surface area contributed by atoms with Crippen LogP contribution in [-0.2, 0) is 4.74 Å². The maximum Gasteiger partial charge on any atom is 0.261 e. The number of fused-ring (bicyclic) bond motifs is 1. The Balaban J connectivity index is 2.11. The predicted octanol–water partition coefficient (Wildman–Crippen LogP) is 1.95. The molecule has 0 bridgehead atoms. The quantitative estimate of drug-likeness (QED) is 0.879. The van der Waals surface area contributed by atoms with Gasteiger partial charge in [0.1, 0.15) is 0 Å². The molecule has 0 aliphatic rings. The van der Waals surface area contributed by atoms with Crippen LogP contribution in [0.1, 0.15) is 15.2 Å². The SMILES string of the molecule is COCC(O)CNC(=O)c1sc2ccccc2c1C. The maximum absolute atomic E-state index is 12.1. The lowest BCUT2D eigenvalue weighted by Gasteiger charge is -2.10. The third-order valence-corrected chi connectivity index (χ3v) is 4.18. The molecule has 2 rings (SSSR count). The zero-order valence-corrected chi connectivity index (χ0v) is 11.8. The van der Waals surface area contributed by atoms with Gasteiger partial charge in [-0.2, -0.15) is 0 Å². The van der Waals surface area contributed by atoms with Gasteiger partial charge in [0, 0.05) is 18.4 Å². The van der Waals surface area contributed by atoms with Crippen molar-refractivity contribution in [3.05, 3.63) is 34.7 Å². The first-order valence-electron chi connectivity index (χ1n) is 6.06. The first-order valence-corrected chi connectivity index (χ1v) is 6.88. The maximum atomic E-state index is 12.1. The highest BCUT2D eigenvalue weighted by molar-refractivity contribution is 7.21.